The first-order chi connectivity index (χ1) is 12.8. The Morgan fingerprint density at radius 2 is 1.78 bits per heavy atom. The standard InChI is InChI=1S/C20H21ClO5S/c1-3-26-20(23)18(11-12-22)19(15-5-4-6-16(21)13-15)14-7-9-17(10-8-14)27(2,24)25/h4-10,13,22H,3,11-12H2,1-2H3. The summed E-state index contributed by atoms with van der Waals surface area (Å²) in [6.45, 7) is 1.66. The number of hydrogen-bond donors (Lipinski definition) is 1. The Bertz CT molecular complexity index is 947. The van der Waals surface area contributed by atoms with Crippen LogP contribution < -0.4 is 0 Å². The van der Waals surface area contributed by atoms with Gasteiger partial charge in [-0.2, -0.15) is 0 Å². The van der Waals surface area contributed by atoms with Crippen LogP contribution in [0.3, 0.4) is 0 Å². The molecule has 1 N–H and O–H groups in total. The van der Waals surface area contributed by atoms with Gasteiger partial charge in [-0.05, 0) is 47.9 Å². The summed E-state index contributed by atoms with van der Waals surface area (Å²) >= 11 is 6.12. The van der Waals surface area contributed by atoms with Gasteiger partial charge in [0.15, 0.2) is 9.84 Å². The number of carbonyl (C=O) groups is 1. The van der Waals surface area contributed by atoms with E-state index in [4.69, 9.17) is 16.3 Å². The van der Waals surface area contributed by atoms with Gasteiger partial charge in [0.05, 0.1) is 11.5 Å². The van der Waals surface area contributed by atoms with Crippen molar-refractivity contribution in [2.75, 3.05) is 19.5 Å². The monoisotopic (exact) mass is 408 g/mol. The smallest absolute Gasteiger partial charge is 0.334 e. The third-order valence-electron chi connectivity index (χ3n) is 3.87. The van der Waals surface area contributed by atoms with E-state index in [9.17, 15) is 18.3 Å². The number of aliphatic hydroxyl groups is 1. The zero-order valence-corrected chi connectivity index (χ0v) is 16.7. The van der Waals surface area contributed by atoms with E-state index in [1.54, 1.807) is 43.3 Å². The summed E-state index contributed by atoms with van der Waals surface area (Å²) in [5.74, 6) is -0.534. The van der Waals surface area contributed by atoms with E-state index >= 15 is 0 Å². The van der Waals surface area contributed by atoms with E-state index in [1.165, 1.54) is 12.1 Å². The first-order valence-corrected chi connectivity index (χ1v) is 10.6. The number of hydrogen-bond acceptors (Lipinski definition) is 5. The second-order valence-electron chi connectivity index (χ2n) is 5.85. The summed E-state index contributed by atoms with van der Waals surface area (Å²) in [6.07, 6.45) is 1.22. The zero-order chi connectivity index (χ0) is 20.0. The molecule has 0 atom stereocenters. The molecule has 0 bridgehead atoms. The summed E-state index contributed by atoms with van der Waals surface area (Å²) in [4.78, 5) is 12.7. The van der Waals surface area contributed by atoms with Gasteiger partial charge in [-0.15, -0.1) is 0 Å². The second kappa shape index (κ2) is 9.17. The van der Waals surface area contributed by atoms with Crippen LogP contribution in [0.2, 0.25) is 5.02 Å². The molecule has 5 nitrogen and oxygen atoms in total. The molecular weight excluding hydrogens is 388 g/mol. The van der Waals surface area contributed by atoms with Gasteiger partial charge < -0.3 is 9.84 Å². The molecule has 2 aromatic carbocycles. The Morgan fingerprint density at radius 1 is 1.11 bits per heavy atom. The summed E-state index contributed by atoms with van der Waals surface area (Å²) in [5, 5.41) is 9.95. The minimum atomic E-state index is -3.34. The maximum atomic E-state index is 12.5. The van der Waals surface area contributed by atoms with Crippen LogP contribution in [0.15, 0.2) is 59.0 Å². The van der Waals surface area contributed by atoms with Crippen LogP contribution in [0.1, 0.15) is 24.5 Å². The highest BCUT2D eigenvalue weighted by molar-refractivity contribution is 7.90. The van der Waals surface area contributed by atoms with Gasteiger partial charge in [0.2, 0.25) is 0 Å². The van der Waals surface area contributed by atoms with Gasteiger partial charge in [-0.25, -0.2) is 13.2 Å². The van der Waals surface area contributed by atoms with E-state index in [-0.39, 0.29) is 24.5 Å². The summed E-state index contributed by atoms with van der Waals surface area (Å²) in [7, 11) is -3.34. The third-order valence-corrected chi connectivity index (χ3v) is 5.23. The van der Waals surface area contributed by atoms with Crippen molar-refractivity contribution < 1.29 is 23.1 Å². The fourth-order valence-electron chi connectivity index (χ4n) is 2.69. The highest BCUT2D eigenvalue weighted by Crippen LogP contribution is 2.31. The van der Waals surface area contributed by atoms with Crippen molar-refractivity contribution >= 4 is 33.0 Å². The predicted octanol–water partition coefficient (Wildman–Crippen LogP) is 3.49. The number of ether oxygens (including phenoxy) is 1. The zero-order valence-electron chi connectivity index (χ0n) is 15.1. The lowest BCUT2D eigenvalue weighted by Gasteiger charge is -2.16. The Kier molecular flexibility index (Phi) is 7.18. The molecule has 144 valence electrons. The lowest BCUT2D eigenvalue weighted by Crippen LogP contribution is -2.12. The average molecular weight is 409 g/mol. The molecule has 0 aliphatic rings. The van der Waals surface area contributed by atoms with Crippen molar-refractivity contribution in [2.24, 2.45) is 0 Å². The molecule has 0 saturated carbocycles. The molecule has 27 heavy (non-hydrogen) atoms. The number of halogens is 1. The molecule has 0 amide bonds. The molecule has 0 fully saturated rings. The normalized spacial score (nSPS) is 12.4. The van der Waals surface area contributed by atoms with E-state index in [1.807, 2.05) is 0 Å². The minimum Gasteiger partial charge on any atom is -0.463 e. The highest BCUT2D eigenvalue weighted by atomic mass is 35.5. The Labute approximate surface area is 164 Å². The van der Waals surface area contributed by atoms with Gasteiger partial charge in [0.1, 0.15) is 0 Å². The summed E-state index contributed by atoms with van der Waals surface area (Å²) in [6, 6.07) is 13.2. The topological polar surface area (TPSA) is 80.7 Å². The van der Waals surface area contributed by atoms with Gasteiger partial charge in [-0.3, -0.25) is 0 Å². The summed E-state index contributed by atoms with van der Waals surface area (Å²) in [5.41, 5.74) is 2.14. The number of benzene rings is 2. The fraction of sp³-hybridized carbons (Fsp3) is 0.250. The molecule has 0 saturated heterocycles. The first-order valence-electron chi connectivity index (χ1n) is 8.35. The van der Waals surface area contributed by atoms with Crippen LogP contribution in [-0.4, -0.2) is 39.0 Å². The van der Waals surface area contributed by atoms with Crippen molar-refractivity contribution in [1.82, 2.24) is 0 Å². The maximum Gasteiger partial charge on any atom is 0.334 e. The molecule has 0 aliphatic carbocycles. The van der Waals surface area contributed by atoms with Crippen molar-refractivity contribution in [1.29, 1.82) is 0 Å². The quantitative estimate of drug-likeness (QED) is 0.560. The molecule has 0 aliphatic heterocycles. The van der Waals surface area contributed by atoms with E-state index < -0.39 is 15.8 Å². The van der Waals surface area contributed by atoms with Crippen LogP contribution >= 0.6 is 11.6 Å². The lowest BCUT2D eigenvalue weighted by atomic mass is 9.91. The second-order valence-corrected chi connectivity index (χ2v) is 8.31. The van der Waals surface area contributed by atoms with Crippen molar-refractivity contribution in [3.63, 3.8) is 0 Å². The summed E-state index contributed by atoms with van der Waals surface area (Å²) < 4.78 is 28.6. The minimum absolute atomic E-state index is 0.0918. The molecule has 0 spiro atoms. The van der Waals surface area contributed by atoms with Crippen molar-refractivity contribution in [2.45, 2.75) is 18.2 Å². The molecule has 2 aromatic rings. The van der Waals surface area contributed by atoms with Crippen LogP contribution in [-0.2, 0) is 19.4 Å². The largest absolute Gasteiger partial charge is 0.463 e. The van der Waals surface area contributed by atoms with Gasteiger partial charge >= 0.3 is 5.97 Å². The number of rotatable bonds is 7. The van der Waals surface area contributed by atoms with Crippen molar-refractivity contribution in [3.05, 3.63) is 70.3 Å². The van der Waals surface area contributed by atoms with Crippen molar-refractivity contribution in [3.8, 4) is 0 Å². The van der Waals surface area contributed by atoms with E-state index in [0.717, 1.165) is 6.26 Å². The Morgan fingerprint density at radius 3 is 2.30 bits per heavy atom. The van der Waals surface area contributed by atoms with Gasteiger partial charge in [0.25, 0.3) is 0 Å². The highest BCUT2D eigenvalue weighted by Gasteiger charge is 2.20. The molecule has 2 rings (SSSR count). The molecular formula is C20H21ClO5S. The van der Waals surface area contributed by atoms with E-state index in [2.05, 4.69) is 0 Å². The SMILES string of the molecule is CCOC(=O)C(CCO)=C(c1ccc(S(C)(=O)=O)cc1)c1cccc(Cl)c1. The molecule has 7 heteroatoms. The average Bonchev–Trinajstić information content (AvgIpc) is 2.61. The third kappa shape index (κ3) is 5.42. The fourth-order valence-corrected chi connectivity index (χ4v) is 3.51. The maximum absolute atomic E-state index is 12.5. The number of sulfone groups is 1. The Balaban J connectivity index is 2.72. The predicted molar refractivity (Wildman–Crippen MR) is 105 cm³/mol. The van der Waals surface area contributed by atoms with Gasteiger partial charge in [0, 0.05) is 29.9 Å². The molecule has 0 heterocycles. The van der Waals surface area contributed by atoms with Crippen LogP contribution in [0.25, 0.3) is 5.57 Å². The number of esters is 1. The number of aliphatic hydroxyl groups excluding tert-OH is 1. The van der Waals surface area contributed by atoms with Crippen LogP contribution in [0.4, 0.5) is 0 Å². The molecule has 0 radical (unpaired) electrons. The van der Waals surface area contributed by atoms with Crippen LogP contribution in [0.5, 0.6) is 0 Å². The number of carbonyl (C=O) groups excluding carboxylic acids is 1. The molecule has 0 aromatic heterocycles. The lowest BCUT2D eigenvalue weighted by molar-refractivity contribution is -0.138. The molecule has 0 unspecified atom stereocenters. The Hall–Kier alpha value is -2.15. The first kappa shape index (κ1) is 21.2. The van der Waals surface area contributed by atoms with E-state index in [0.29, 0.717) is 27.3 Å². The van der Waals surface area contributed by atoms with Crippen LogP contribution in [0, 0.1) is 0 Å². The van der Waals surface area contributed by atoms with Gasteiger partial charge in [-0.1, -0.05) is 35.9 Å².